The van der Waals surface area contributed by atoms with Crippen molar-refractivity contribution in [3.8, 4) is 11.5 Å². The van der Waals surface area contributed by atoms with Crippen LogP contribution in [0.5, 0.6) is 11.5 Å². The van der Waals surface area contributed by atoms with Crippen molar-refractivity contribution in [2.75, 3.05) is 12.4 Å². The number of hydrogen-bond acceptors (Lipinski definition) is 5. The Bertz CT molecular complexity index is 748. The summed E-state index contributed by atoms with van der Waals surface area (Å²) in [4.78, 5) is 22.8. The molecule has 2 aromatic rings. The van der Waals surface area contributed by atoms with Crippen LogP contribution in [0.1, 0.15) is 13.8 Å². The van der Waals surface area contributed by atoms with Gasteiger partial charge in [0.05, 0.1) is 28.9 Å². The Morgan fingerprint density at radius 1 is 1.10 bits per heavy atom. The van der Waals surface area contributed by atoms with E-state index in [0.29, 0.717) is 21.5 Å². The van der Waals surface area contributed by atoms with Crippen LogP contribution in [0.25, 0.3) is 0 Å². The Morgan fingerprint density at radius 2 is 1.76 bits per heavy atom. The van der Waals surface area contributed by atoms with E-state index in [9.17, 15) is 9.59 Å². The van der Waals surface area contributed by atoms with Crippen molar-refractivity contribution in [1.82, 2.24) is 0 Å². The van der Waals surface area contributed by atoms with E-state index in [4.69, 9.17) is 32.7 Å². The van der Waals surface area contributed by atoms with Gasteiger partial charge < -0.3 is 14.8 Å². The van der Waals surface area contributed by atoms with Gasteiger partial charge in [0, 0.05) is 6.07 Å². The molecular weight excluding hydrogens is 317 g/mol. The molecule has 0 heterocycles. The summed E-state index contributed by atoms with van der Waals surface area (Å²) >= 11 is 12.1. The van der Waals surface area contributed by atoms with E-state index in [1.54, 1.807) is 6.07 Å². The molecule has 0 aliphatic heterocycles. The van der Waals surface area contributed by atoms with E-state index in [0.717, 1.165) is 0 Å². The number of anilines is 2. The van der Waals surface area contributed by atoms with Crippen LogP contribution < -0.4 is 25.6 Å². The van der Waals surface area contributed by atoms with Crippen LogP contribution in [0, 0.1) is 0 Å². The predicted octanol–water partition coefficient (Wildman–Crippen LogP) is 3.13. The van der Waals surface area contributed by atoms with E-state index in [1.165, 1.54) is 13.2 Å². The normalized spacial score (nSPS) is 11.0. The van der Waals surface area contributed by atoms with E-state index in [2.05, 4.69) is 5.32 Å². The summed E-state index contributed by atoms with van der Waals surface area (Å²) in [6, 6.07) is 3.07. The van der Waals surface area contributed by atoms with E-state index in [1.807, 2.05) is 13.8 Å². The molecule has 7 heteroatoms. The number of hydrogen-bond donors (Lipinski definition) is 1. The van der Waals surface area contributed by atoms with Gasteiger partial charge in [-0.3, -0.25) is 9.59 Å². The van der Waals surface area contributed by atoms with Gasteiger partial charge >= 0.3 is 0 Å². The Hall–Kier alpha value is -1.72. The first-order valence-corrected chi connectivity index (χ1v) is 6.90. The van der Waals surface area contributed by atoms with Crippen molar-refractivity contribution in [3.05, 3.63) is 42.6 Å². The first-order chi connectivity index (χ1) is 9.85. The van der Waals surface area contributed by atoms with Crippen LogP contribution in [0.3, 0.4) is 0 Å². The van der Waals surface area contributed by atoms with Crippen LogP contribution >= 0.6 is 23.2 Å². The average Bonchev–Trinajstić information content (AvgIpc) is 2.42. The fourth-order valence-corrected chi connectivity index (χ4v) is 2.26. The van der Waals surface area contributed by atoms with Crippen molar-refractivity contribution >= 4 is 34.6 Å². The number of halogens is 2. The molecule has 1 N–H and O–H groups in total. The standard InChI is InChI=1S/C14H13Cl2NO4/c1-6(2)21-10-5-9(7(15)4-8(10)16)17-11-12(18)13(19)14(11)20-3/h4-6,17H,1-3H3. The van der Waals surface area contributed by atoms with Gasteiger partial charge in [0.15, 0.2) is 5.75 Å². The molecule has 0 aliphatic carbocycles. The quantitative estimate of drug-likeness (QED) is 0.854. The zero-order chi connectivity index (χ0) is 15.7. The van der Waals surface area contributed by atoms with Crippen molar-refractivity contribution < 1.29 is 9.47 Å². The molecule has 0 radical (unpaired) electrons. The van der Waals surface area contributed by atoms with Crippen LogP contribution in [-0.4, -0.2) is 13.2 Å². The first-order valence-electron chi connectivity index (χ1n) is 6.15. The molecule has 0 bridgehead atoms. The number of nitrogens with one attached hydrogen (secondary N) is 1. The molecule has 0 unspecified atom stereocenters. The summed E-state index contributed by atoms with van der Waals surface area (Å²) in [5.74, 6) is 0.411. The molecule has 0 spiro atoms. The Labute approximate surface area is 131 Å². The van der Waals surface area contributed by atoms with E-state index in [-0.39, 0.29) is 17.5 Å². The summed E-state index contributed by atoms with van der Waals surface area (Å²) in [7, 11) is 1.32. The summed E-state index contributed by atoms with van der Waals surface area (Å²) in [6.45, 7) is 3.72. The molecule has 0 atom stereocenters. The summed E-state index contributed by atoms with van der Waals surface area (Å²) in [5, 5.41) is 3.44. The average molecular weight is 330 g/mol. The van der Waals surface area contributed by atoms with Gasteiger partial charge in [0.1, 0.15) is 11.4 Å². The highest BCUT2D eigenvalue weighted by molar-refractivity contribution is 6.37. The SMILES string of the molecule is COc1c(Nc2cc(OC(C)C)c(Cl)cc2Cl)c(=O)c1=O. The topological polar surface area (TPSA) is 64.6 Å². The Balaban J connectivity index is 2.38. The Morgan fingerprint density at radius 3 is 2.33 bits per heavy atom. The van der Waals surface area contributed by atoms with Crippen molar-refractivity contribution in [1.29, 1.82) is 0 Å². The number of benzene rings is 1. The van der Waals surface area contributed by atoms with Crippen molar-refractivity contribution in [2.24, 2.45) is 0 Å². The molecule has 5 nitrogen and oxygen atoms in total. The highest BCUT2D eigenvalue weighted by Gasteiger charge is 2.23. The minimum absolute atomic E-state index is 0.0163. The molecule has 112 valence electrons. The lowest BCUT2D eigenvalue weighted by Gasteiger charge is -2.16. The van der Waals surface area contributed by atoms with Gasteiger partial charge in [-0.2, -0.15) is 0 Å². The summed E-state index contributed by atoms with van der Waals surface area (Å²) in [5.41, 5.74) is -0.836. The minimum atomic E-state index is -0.663. The zero-order valence-electron chi connectivity index (χ0n) is 11.6. The maximum absolute atomic E-state index is 11.5. The second-order valence-corrected chi connectivity index (χ2v) is 5.43. The molecule has 0 amide bonds. The molecule has 0 aromatic heterocycles. The molecule has 21 heavy (non-hydrogen) atoms. The summed E-state index contributed by atoms with van der Waals surface area (Å²) < 4.78 is 10.4. The third-order valence-corrected chi connectivity index (χ3v) is 3.32. The maximum atomic E-state index is 11.5. The molecule has 0 saturated carbocycles. The lowest BCUT2D eigenvalue weighted by atomic mass is 10.2. The molecule has 2 aromatic carbocycles. The monoisotopic (exact) mass is 329 g/mol. The molecule has 0 fully saturated rings. The van der Waals surface area contributed by atoms with Gasteiger partial charge in [-0.15, -0.1) is 0 Å². The van der Waals surface area contributed by atoms with Gasteiger partial charge in [-0.05, 0) is 19.9 Å². The fourth-order valence-electron chi connectivity index (χ4n) is 1.78. The molecular formula is C14H13Cl2NO4. The van der Waals surface area contributed by atoms with Gasteiger partial charge in [0.25, 0.3) is 10.9 Å². The summed E-state index contributed by atoms with van der Waals surface area (Å²) in [6.07, 6.45) is -0.0720. The lowest BCUT2D eigenvalue weighted by molar-refractivity contribution is 0.242. The molecule has 0 saturated heterocycles. The predicted molar refractivity (Wildman–Crippen MR) is 83.4 cm³/mol. The number of ether oxygens (including phenoxy) is 2. The maximum Gasteiger partial charge on any atom is 0.272 e. The largest absolute Gasteiger partial charge is 0.491 e. The molecule has 2 rings (SSSR count). The number of methoxy groups -OCH3 is 1. The van der Waals surface area contributed by atoms with Crippen LogP contribution in [0.15, 0.2) is 21.7 Å². The first kappa shape index (κ1) is 15.7. The fraction of sp³-hybridized carbons (Fsp3) is 0.286. The minimum Gasteiger partial charge on any atom is -0.491 e. The van der Waals surface area contributed by atoms with Gasteiger partial charge in [-0.1, -0.05) is 23.2 Å². The van der Waals surface area contributed by atoms with Crippen molar-refractivity contribution in [3.63, 3.8) is 0 Å². The van der Waals surface area contributed by atoms with Crippen molar-refractivity contribution in [2.45, 2.75) is 20.0 Å². The second-order valence-electron chi connectivity index (χ2n) is 4.62. The van der Waals surface area contributed by atoms with E-state index < -0.39 is 10.9 Å². The second kappa shape index (κ2) is 5.95. The third-order valence-electron chi connectivity index (χ3n) is 2.71. The third kappa shape index (κ3) is 2.99. The van der Waals surface area contributed by atoms with Gasteiger partial charge in [-0.25, -0.2) is 0 Å². The highest BCUT2D eigenvalue weighted by atomic mass is 35.5. The number of rotatable bonds is 5. The highest BCUT2D eigenvalue weighted by Crippen LogP contribution is 2.36. The Kier molecular flexibility index (Phi) is 4.44. The van der Waals surface area contributed by atoms with Crippen LogP contribution in [0.2, 0.25) is 10.0 Å². The van der Waals surface area contributed by atoms with Gasteiger partial charge in [0.2, 0.25) is 0 Å². The van der Waals surface area contributed by atoms with Crippen LogP contribution in [-0.2, 0) is 0 Å². The van der Waals surface area contributed by atoms with E-state index >= 15 is 0 Å². The zero-order valence-corrected chi connectivity index (χ0v) is 13.1. The molecule has 0 aliphatic rings. The lowest BCUT2D eigenvalue weighted by Crippen LogP contribution is -2.34. The smallest absolute Gasteiger partial charge is 0.272 e. The van der Waals surface area contributed by atoms with Crippen LogP contribution in [0.4, 0.5) is 11.4 Å².